The SMILES string of the molecule is CC(C)NCc1ccnc(N2CCCC(C)(C)CC2)c1. The number of anilines is 1. The van der Waals surface area contributed by atoms with Crippen molar-refractivity contribution in [3.63, 3.8) is 0 Å². The average Bonchev–Trinajstić information content (AvgIpc) is 2.58. The second-order valence-electron chi connectivity index (χ2n) is 7.06. The highest BCUT2D eigenvalue weighted by Gasteiger charge is 2.23. The minimum atomic E-state index is 0.478. The highest BCUT2D eigenvalue weighted by Crippen LogP contribution is 2.31. The maximum atomic E-state index is 4.58. The van der Waals surface area contributed by atoms with Crippen LogP contribution in [0.2, 0.25) is 0 Å². The van der Waals surface area contributed by atoms with Crippen LogP contribution in [0.3, 0.4) is 0 Å². The number of hydrogen-bond acceptors (Lipinski definition) is 3. The van der Waals surface area contributed by atoms with Crippen molar-refractivity contribution in [1.82, 2.24) is 10.3 Å². The van der Waals surface area contributed by atoms with Gasteiger partial charge in [0, 0.05) is 31.9 Å². The predicted octanol–water partition coefficient (Wildman–Crippen LogP) is 3.60. The van der Waals surface area contributed by atoms with Crippen LogP contribution in [0.15, 0.2) is 18.3 Å². The molecule has 0 atom stereocenters. The molecule has 0 radical (unpaired) electrons. The summed E-state index contributed by atoms with van der Waals surface area (Å²) < 4.78 is 0. The molecule has 1 aromatic rings. The van der Waals surface area contributed by atoms with Crippen molar-refractivity contribution >= 4 is 5.82 Å². The fourth-order valence-corrected chi connectivity index (χ4v) is 2.72. The van der Waals surface area contributed by atoms with Gasteiger partial charge in [-0.05, 0) is 42.4 Å². The highest BCUT2D eigenvalue weighted by molar-refractivity contribution is 5.41. The molecular formula is C17H29N3. The highest BCUT2D eigenvalue weighted by atomic mass is 15.2. The van der Waals surface area contributed by atoms with E-state index in [1.807, 2.05) is 6.20 Å². The van der Waals surface area contributed by atoms with E-state index in [0.717, 1.165) is 25.5 Å². The zero-order valence-electron chi connectivity index (χ0n) is 13.4. The Balaban J connectivity index is 2.03. The van der Waals surface area contributed by atoms with Crippen molar-refractivity contribution in [2.45, 2.75) is 59.5 Å². The zero-order valence-corrected chi connectivity index (χ0v) is 13.4. The molecule has 0 unspecified atom stereocenters. The number of nitrogens with zero attached hydrogens (tertiary/aromatic N) is 2. The van der Waals surface area contributed by atoms with Gasteiger partial charge < -0.3 is 10.2 Å². The maximum Gasteiger partial charge on any atom is 0.128 e. The molecule has 0 amide bonds. The Labute approximate surface area is 123 Å². The molecule has 0 aliphatic carbocycles. The van der Waals surface area contributed by atoms with Crippen molar-refractivity contribution in [3.8, 4) is 0 Å². The summed E-state index contributed by atoms with van der Waals surface area (Å²) in [6.45, 7) is 12.3. The van der Waals surface area contributed by atoms with Crippen LogP contribution in [0.5, 0.6) is 0 Å². The molecule has 3 heteroatoms. The van der Waals surface area contributed by atoms with Gasteiger partial charge in [0.05, 0.1) is 0 Å². The van der Waals surface area contributed by atoms with Crippen LogP contribution in [0.1, 0.15) is 52.5 Å². The van der Waals surface area contributed by atoms with E-state index in [1.54, 1.807) is 0 Å². The molecule has 1 aromatic heterocycles. The first kappa shape index (κ1) is 15.3. The molecule has 2 heterocycles. The average molecular weight is 275 g/mol. The quantitative estimate of drug-likeness (QED) is 0.910. The molecule has 2 rings (SSSR count). The summed E-state index contributed by atoms with van der Waals surface area (Å²) in [5.74, 6) is 1.14. The van der Waals surface area contributed by atoms with Gasteiger partial charge in [0.2, 0.25) is 0 Å². The summed E-state index contributed by atoms with van der Waals surface area (Å²) in [7, 11) is 0. The van der Waals surface area contributed by atoms with Crippen molar-refractivity contribution in [1.29, 1.82) is 0 Å². The van der Waals surface area contributed by atoms with E-state index >= 15 is 0 Å². The first-order chi connectivity index (χ1) is 9.46. The van der Waals surface area contributed by atoms with Gasteiger partial charge in [-0.15, -0.1) is 0 Å². The zero-order chi connectivity index (χ0) is 14.6. The summed E-state index contributed by atoms with van der Waals surface area (Å²) in [5.41, 5.74) is 1.80. The van der Waals surface area contributed by atoms with Gasteiger partial charge in [-0.3, -0.25) is 0 Å². The molecule has 1 fully saturated rings. The first-order valence-corrected chi connectivity index (χ1v) is 7.89. The summed E-state index contributed by atoms with van der Waals surface area (Å²) in [5, 5.41) is 3.47. The Morgan fingerprint density at radius 2 is 2.10 bits per heavy atom. The Morgan fingerprint density at radius 1 is 1.30 bits per heavy atom. The van der Waals surface area contributed by atoms with Crippen molar-refractivity contribution in [2.75, 3.05) is 18.0 Å². The number of nitrogens with one attached hydrogen (secondary N) is 1. The summed E-state index contributed by atoms with van der Waals surface area (Å²) in [6, 6.07) is 4.87. The standard InChI is InChI=1S/C17H29N3/c1-14(2)19-13-15-6-9-18-16(12-15)20-10-5-7-17(3,4)8-11-20/h6,9,12,14,19H,5,7-8,10-11,13H2,1-4H3. The van der Waals surface area contributed by atoms with E-state index in [9.17, 15) is 0 Å². The number of rotatable bonds is 4. The smallest absolute Gasteiger partial charge is 0.128 e. The van der Waals surface area contributed by atoms with E-state index in [0.29, 0.717) is 11.5 Å². The summed E-state index contributed by atoms with van der Waals surface area (Å²) in [4.78, 5) is 7.03. The van der Waals surface area contributed by atoms with E-state index in [1.165, 1.54) is 24.8 Å². The number of hydrogen-bond donors (Lipinski definition) is 1. The molecule has 1 saturated heterocycles. The van der Waals surface area contributed by atoms with Crippen LogP contribution >= 0.6 is 0 Å². The third kappa shape index (κ3) is 4.48. The lowest BCUT2D eigenvalue weighted by Crippen LogP contribution is -2.26. The monoisotopic (exact) mass is 275 g/mol. The van der Waals surface area contributed by atoms with E-state index in [2.05, 4.69) is 55.0 Å². The van der Waals surface area contributed by atoms with Gasteiger partial charge in [0.1, 0.15) is 5.82 Å². The molecule has 0 saturated carbocycles. The first-order valence-electron chi connectivity index (χ1n) is 7.89. The second kappa shape index (κ2) is 6.57. The Bertz CT molecular complexity index is 426. The van der Waals surface area contributed by atoms with Gasteiger partial charge >= 0.3 is 0 Å². The number of pyridine rings is 1. The van der Waals surface area contributed by atoms with Crippen molar-refractivity contribution < 1.29 is 0 Å². The predicted molar refractivity (Wildman–Crippen MR) is 86.1 cm³/mol. The van der Waals surface area contributed by atoms with E-state index in [4.69, 9.17) is 0 Å². The Morgan fingerprint density at radius 3 is 2.85 bits per heavy atom. The van der Waals surface area contributed by atoms with Gasteiger partial charge in [-0.2, -0.15) is 0 Å². The van der Waals surface area contributed by atoms with Crippen LogP contribution in [0.4, 0.5) is 5.82 Å². The van der Waals surface area contributed by atoms with Crippen LogP contribution in [0, 0.1) is 5.41 Å². The van der Waals surface area contributed by atoms with E-state index in [-0.39, 0.29) is 0 Å². The minimum absolute atomic E-state index is 0.478. The number of aromatic nitrogens is 1. The van der Waals surface area contributed by atoms with Crippen LogP contribution < -0.4 is 10.2 Å². The fourth-order valence-electron chi connectivity index (χ4n) is 2.72. The Hall–Kier alpha value is -1.09. The van der Waals surface area contributed by atoms with Crippen LogP contribution in [0.25, 0.3) is 0 Å². The third-order valence-electron chi connectivity index (χ3n) is 4.19. The molecule has 20 heavy (non-hydrogen) atoms. The van der Waals surface area contributed by atoms with E-state index < -0.39 is 0 Å². The summed E-state index contributed by atoms with van der Waals surface area (Å²) >= 11 is 0. The fraction of sp³-hybridized carbons (Fsp3) is 0.706. The topological polar surface area (TPSA) is 28.2 Å². The lowest BCUT2D eigenvalue weighted by atomic mass is 9.85. The molecule has 0 spiro atoms. The molecule has 3 nitrogen and oxygen atoms in total. The van der Waals surface area contributed by atoms with Gasteiger partial charge in [0.15, 0.2) is 0 Å². The summed E-state index contributed by atoms with van der Waals surface area (Å²) in [6.07, 6.45) is 5.78. The van der Waals surface area contributed by atoms with Crippen LogP contribution in [-0.2, 0) is 6.54 Å². The molecule has 0 aromatic carbocycles. The van der Waals surface area contributed by atoms with Crippen molar-refractivity contribution in [2.24, 2.45) is 5.41 Å². The Kier molecular flexibility index (Phi) is 5.03. The van der Waals surface area contributed by atoms with Gasteiger partial charge in [-0.25, -0.2) is 4.98 Å². The molecule has 1 N–H and O–H groups in total. The lowest BCUT2D eigenvalue weighted by Gasteiger charge is -2.24. The molecular weight excluding hydrogens is 246 g/mol. The van der Waals surface area contributed by atoms with Crippen molar-refractivity contribution in [3.05, 3.63) is 23.9 Å². The largest absolute Gasteiger partial charge is 0.357 e. The van der Waals surface area contributed by atoms with Crippen LogP contribution in [-0.4, -0.2) is 24.1 Å². The molecule has 0 bridgehead atoms. The molecule has 1 aliphatic heterocycles. The van der Waals surface area contributed by atoms with Gasteiger partial charge in [-0.1, -0.05) is 27.7 Å². The third-order valence-corrected chi connectivity index (χ3v) is 4.19. The second-order valence-corrected chi connectivity index (χ2v) is 7.06. The molecule has 1 aliphatic rings. The maximum absolute atomic E-state index is 4.58. The normalized spacial score (nSPS) is 19.1. The minimum Gasteiger partial charge on any atom is -0.357 e. The van der Waals surface area contributed by atoms with Gasteiger partial charge in [0.25, 0.3) is 0 Å². The molecule has 112 valence electrons. The lowest BCUT2D eigenvalue weighted by molar-refractivity contribution is 0.325.